The topological polar surface area (TPSA) is 145 Å². The molecule has 0 aliphatic carbocycles. The number of nitrogens with zero attached hydrogens (tertiary/aromatic N) is 2. The number of methoxy groups -OCH3 is 2. The zero-order valence-electron chi connectivity index (χ0n) is 22.8. The molecule has 0 fully saturated rings. The van der Waals surface area contributed by atoms with Crippen LogP contribution in [0, 0.1) is 10.1 Å². The van der Waals surface area contributed by atoms with Gasteiger partial charge in [0.05, 0.1) is 36.4 Å². The van der Waals surface area contributed by atoms with Crippen LogP contribution in [0.3, 0.4) is 0 Å². The van der Waals surface area contributed by atoms with Crippen molar-refractivity contribution in [2.75, 3.05) is 14.2 Å². The van der Waals surface area contributed by atoms with Gasteiger partial charge in [-0.15, -0.1) is 0 Å². The number of aromatic nitrogens is 1. The lowest BCUT2D eigenvalue weighted by Crippen LogP contribution is -2.19. The summed E-state index contributed by atoms with van der Waals surface area (Å²) in [6, 6.07) is 22.9. The fourth-order valence-electron chi connectivity index (χ4n) is 4.42. The van der Waals surface area contributed by atoms with Crippen LogP contribution in [0.5, 0.6) is 17.2 Å². The van der Waals surface area contributed by atoms with Gasteiger partial charge < -0.3 is 19.2 Å². The van der Waals surface area contributed by atoms with Gasteiger partial charge >= 0.3 is 5.97 Å². The van der Waals surface area contributed by atoms with Gasteiger partial charge in [0.2, 0.25) is 0 Å². The number of aromatic amines is 1. The smallest absolute Gasteiger partial charge is 0.343 e. The molecule has 0 saturated carbocycles. The first-order chi connectivity index (χ1) is 20.8. The van der Waals surface area contributed by atoms with Gasteiger partial charge in [0.15, 0.2) is 11.5 Å². The molecule has 43 heavy (non-hydrogen) atoms. The van der Waals surface area contributed by atoms with Crippen molar-refractivity contribution in [3.8, 4) is 28.4 Å². The van der Waals surface area contributed by atoms with E-state index in [-0.39, 0.29) is 22.7 Å². The Bertz CT molecular complexity index is 1870. The minimum Gasteiger partial charge on any atom is -0.495 e. The van der Waals surface area contributed by atoms with Crippen molar-refractivity contribution in [1.29, 1.82) is 0 Å². The molecule has 4 aromatic carbocycles. The number of hydrogen-bond donors (Lipinski definition) is 2. The number of halogens is 1. The number of amides is 1. The van der Waals surface area contributed by atoms with E-state index in [1.807, 2.05) is 36.4 Å². The van der Waals surface area contributed by atoms with Crippen LogP contribution in [0.15, 0.2) is 94.5 Å². The molecule has 1 amide bonds. The molecule has 0 saturated heterocycles. The van der Waals surface area contributed by atoms with E-state index in [1.54, 1.807) is 25.3 Å². The third kappa shape index (κ3) is 6.09. The molecule has 216 valence electrons. The molecule has 0 radical (unpaired) electrons. The van der Waals surface area contributed by atoms with Crippen molar-refractivity contribution in [3.63, 3.8) is 0 Å². The maximum Gasteiger partial charge on any atom is 0.343 e. The van der Waals surface area contributed by atoms with Gasteiger partial charge in [-0.05, 0) is 53.6 Å². The third-order valence-corrected chi connectivity index (χ3v) is 7.12. The highest BCUT2D eigenvalue weighted by Crippen LogP contribution is 2.40. The maximum absolute atomic E-state index is 13.4. The SMILES string of the molecule is COc1cc(C=NNC(=O)c2[nH]c3c(OC)ccc(Br)c3c2-c2ccccc2)ccc1OC(=O)c1ccc([N+](=O)[O-])cc1. The second-order valence-electron chi connectivity index (χ2n) is 9.04. The number of hydrazone groups is 1. The second kappa shape index (κ2) is 12.6. The van der Waals surface area contributed by atoms with Gasteiger partial charge in [0.1, 0.15) is 11.4 Å². The molecule has 1 heterocycles. The summed E-state index contributed by atoms with van der Waals surface area (Å²) in [5.74, 6) is -0.223. The van der Waals surface area contributed by atoms with E-state index in [0.717, 1.165) is 15.4 Å². The van der Waals surface area contributed by atoms with Crippen LogP contribution in [-0.4, -0.2) is 42.2 Å². The number of H-pyrrole nitrogens is 1. The Hall–Kier alpha value is -5.49. The first kappa shape index (κ1) is 29.0. The summed E-state index contributed by atoms with van der Waals surface area (Å²) in [5.41, 5.74) is 5.60. The molecule has 0 atom stereocenters. The number of fused-ring (bicyclic) bond motifs is 1. The molecule has 0 aliphatic rings. The van der Waals surface area contributed by atoms with Gasteiger partial charge in [-0.2, -0.15) is 5.10 Å². The molecule has 0 aliphatic heterocycles. The van der Waals surface area contributed by atoms with Gasteiger partial charge in [0, 0.05) is 27.6 Å². The number of carbonyl (C=O) groups excluding carboxylic acids is 2. The molecular weight excluding hydrogens is 620 g/mol. The fraction of sp³-hybridized carbons (Fsp3) is 0.0645. The molecule has 12 heteroatoms. The Labute approximate surface area is 253 Å². The van der Waals surface area contributed by atoms with Gasteiger partial charge in [-0.1, -0.05) is 46.3 Å². The Morgan fingerprint density at radius 1 is 0.930 bits per heavy atom. The minimum absolute atomic E-state index is 0.136. The summed E-state index contributed by atoms with van der Waals surface area (Å²) in [6.45, 7) is 0. The van der Waals surface area contributed by atoms with E-state index in [4.69, 9.17) is 14.2 Å². The standard InChI is InChI=1S/C31H23BrN4O7/c1-41-24-15-13-22(32)27-26(19-6-4-3-5-7-19)29(34-28(24)27)30(37)35-33-17-18-8-14-23(25(16-18)42-2)43-31(38)20-9-11-21(12-10-20)36(39)40/h3-17,34H,1-2H3,(H,35,37). The number of nitro groups is 1. The van der Waals surface area contributed by atoms with Crippen LogP contribution in [0.25, 0.3) is 22.0 Å². The lowest BCUT2D eigenvalue weighted by Gasteiger charge is -2.10. The van der Waals surface area contributed by atoms with Crippen molar-refractivity contribution in [2.24, 2.45) is 5.10 Å². The highest BCUT2D eigenvalue weighted by Gasteiger charge is 2.23. The normalized spacial score (nSPS) is 11.0. The summed E-state index contributed by atoms with van der Waals surface area (Å²) in [4.78, 5) is 39.4. The average molecular weight is 643 g/mol. The first-order valence-corrected chi connectivity index (χ1v) is 13.5. The lowest BCUT2D eigenvalue weighted by atomic mass is 10.0. The molecule has 0 bridgehead atoms. The van der Waals surface area contributed by atoms with Crippen molar-refractivity contribution >= 4 is 50.6 Å². The zero-order valence-corrected chi connectivity index (χ0v) is 24.4. The predicted molar refractivity (Wildman–Crippen MR) is 164 cm³/mol. The fourth-order valence-corrected chi connectivity index (χ4v) is 4.95. The number of benzene rings is 4. The summed E-state index contributed by atoms with van der Waals surface area (Å²) in [5, 5.41) is 15.8. The average Bonchev–Trinajstić information content (AvgIpc) is 3.44. The summed E-state index contributed by atoms with van der Waals surface area (Å²) >= 11 is 3.60. The Kier molecular flexibility index (Phi) is 8.49. The van der Waals surface area contributed by atoms with Crippen LogP contribution >= 0.6 is 15.9 Å². The number of rotatable bonds is 9. The number of non-ortho nitro benzene ring substituents is 1. The number of nitrogens with one attached hydrogen (secondary N) is 2. The third-order valence-electron chi connectivity index (χ3n) is 6.46. The summed E-state index contributed by atoms with van der Waals surface area (Å²) < 4.78 is 17.1. The number of ether oxygens (including phenoxy) is 3. The molecule has 11 nitrogen and oxygen atoms in total. The van der Waals surface area contributed by atoms with E-state index >= 15 is 0 Å². The van der Waals surface area contributed by atoms with Crippen molar-refractivity contribution in [2.45, 2.75) is 0 Å². The highest BCUT2D eigenvalue weighted by molar-refractivity contribution is 9.10. The lowest BCUT2D eigenvalue weighted by molar-refractivity contribution is -0.384. The number of carbonyl (C=O) groups is 2. The van der Waals surface area contributed by atoms with E-state index in [2.05, 4.69) is 31.4 Å². The molecule has 0 spiro atoms. The van der Waals surface area contributed by atoms with Crippen LogP contribution in [0.2, 0.25) is 0 Å². The Balaban J connectivity index is 1.36. The van der Waals surface area contributed by atoms with Crippen molar-refractivity contribution < 1.29 is 28.7 Å². The van der Waals surface area contributed by atoms with Crippen LogP contribution in [0.1, 0.15) is 26.4 Å². The highest BCUT2D eigenvalue weighted by atomic mass is 79.9. The monoisotopic (exact) mass is 642 g/mol. The second-order valence-corrected chi connectivity index (χ2v) is 9.90. The first-order valence-electron chi connectivity index (χ1n) is 12.7. The molecule has 2 N–H and O–H groups in total. The molecule has 5 aromatic rings. The number of esters is 1. The zero-order chi connectivity index (χ0) is 30.5. The van der Waals surface area contributed by atoms with Crippen molar-refractivity contribution in [3.05, 3.63) is 116 Å². The van der Waals surface area contributed by atoms with Gasteiger partial charge in [-0.3, -0.25) is 14.9 Å². The van der Waals surface area contributed by atoms with E-state index < -0.39 is 16.8 Å². The number of hydrogen-bond acceptors (Lipinski definition) is 8. The maximum atomic E-state index is 13.4. The predicted octanol–water partition coefficient (Wildman–Crippen LogP) is 6.51. The number of nitro benzene ring substituents is 1. The van der Waals surface area contributed by atoms with Crippen molar-refractivity contribution in [1.82, 2.24) is 10.4 Å². The summed E-state index contributed by atoms with van der Waals surface area (Å²) in [7, 11) is 2.97. The largest absolute Gasteiger partial charge is 0.495 e. The van der Waals surface area contributed by atoms with E-state index in [1.165, 1.54) is 43.7 Å². The quantitative estimate of drug-likeness (QED) is 0.0613. The van der Waals surface area contributed by atoms with Crippen LogP contribution in [-0.2, 0) is 0 Å². The van der Waals surface area contributed by atoms with E-state index in [0.29, 0.717) is 28.1 Å². The van der Waals surface area contributed by atoms with E-state index in [9.17, 15) is 19.7 Å². The molecular formula is C31H23BrN4O7. The molecule has 1 aromatic heterocycles. The van der Waals surface area contributed by atoms with Crippen LogP contribution in [0.4, 0.5) is 5.69 Å². The molecule has 5 rings (SSSR count). The van der Waals surface area contributed by atoms with Crippen LogP contribution < -0.4 is 19.6 Å². The van der Waals surface area contributed by atoms with Gasteiger partial charge in [0.25, 0.3) is 11.6 Å². The Morgan fingerprint density at radius 2 is 1.63 bits per heavy atom. The Morgan fingerprint density at radius 3 is 2.30 bits per heavy atom. The summed E-state index contributed by atoms with van der Waals surface area (Å²) in [6.07, 6.45) is 1.42. The minimum atomic E-state index is -0.710. The van der Waals surface area contributed by atoms with Gasteiger partial charge in [-0.25, -0.2) is 10.2 Å². The molecule has 0 unspecified atom stereocenters.